The van der Waals surface area contributed by atoms with Crippen molar-refractivity contribution < 1.29 is 4.79 Å². The van der Waals surface area contributed by atoms with E-state index in [1.165, 1.54) is 17.3 Å². The zero-order valence-electron chi connectivity index (χ0n) is 18.8. The normalized spacial score (nSPS) is 14.4. The summed E-state index contributed by atoms with van der Waals surface area (Å²) in [6, 6.07) is 27.2. The molecule has 6 nitrogen and oxygen atoms in total. The van der Waals surface area contributed by atoms with Gasteiger partial charge in [-0.15, -0.1) is 0 Å². The van der Waals surface area contributed by atoms with Gasteiger partial charge in [0.25, 0.3) is 5.56 Å². The summed E-state index contributed by atoms with van der Waals surface area (Å²) in [6.45, 7) is 4.04. The second kappa shape index (κ2) is 10.2. The molecule has 5 rings (SSSR count). The summed E-state index contributed by atoms with van der Waals surface area (Å²) in [7, 11) is 0. The largest absolute Gasteiger partial charge is 0.339 e. The van der Waals surface area contributed by atoms with Crippen LogP contribution in [0.4, 0.5) is 0 Å². The van der Waals surface area contributed by atoms with Gasteiger partial charge in [0, 0.05) is 32.7 Å². The van der Waals surface area contributed by atoms with Gasteiger partial charge in [-0.05, 0) is 29.8 Å². The quantitative estimate of drug-likeness (QED) is 0.317. The number of hydrogen-bond acceptors (Lipinski definition) is 5. The third-order valence-corrected chi connectivity index (χ3v) is 6.98. The lowest BCUT2D eigenvalue weighted by molar-refractivity contribution is -0.130. The molecule has 1 aliphatic rings. The van der Waals surface area contributed by atoms with Gasteiger partial charge < -0.3 is 4.90 Å². The Balaban J connectivity index is 1.29. The van der Waals surface area contributed by atoms with Crippen LogP contribution in [0.15, 0.2) is 94.9 Å². The molecular weight excluding hydrogens is 444 g/mol. The van der Waals surface area contributed by atoms with Gasteiger partial charge in [-0.2, -0.15) is 0 Å². The van der Waals surface area contributed by atoms with Crippen LogP contribution in [0.3, 0.4) is 0 Å². The van der Waals surface area contributed by atoms with E-state index in [2.05, 4.69) is 29.2 Å². The maximum absolute atomic E-state index is 13.3. The van der Waals surface area contributed by atoms with Crippen molar-refractivity contribution in [3.05, 3.63) is 101 Å². The van der Waals surface area contributed by atoms with Gasteiger partial charge >= 0.3 is 0 Å². The van der Waals surface area contributed by atoms with E-state index >= 15 is 0 Å². The summed E-state index contributed by atoms with van der Waals surface area (Å²) in [6.07, 6.45) is 0. The van der Waals surface area contributed by atoms with Crippen molar-refractivity contribution in [1.29, 1.82) is 0 Å². The van der Waals surface area contributed by atoms with E-state index in [1.807, 2.05) is 59.5 Å². The Morgan fingerprint density at radius 3 is 2.21 bits per heavy atom. The van der Waals surface area contributed by atoms with Crippen molar-refractivity contribution >= 4 is 28.6 Å². The minimum absolute atomic E-state index is 0.0754. The third kappa shape index (κ3) is 4.90. The smallest absolute Gasteiger partial charge is 0.266 e. The molecule has 0 saturated carbocycles. The van der Waals surface area contributed by atoms with Crippen LogP contribution in [0.1, 0.15) is 5.56 Å². The molecule has 0 spiro atoms. The van der Waals surface area contributed by atoms with Gasteiger partial charge in [0.2, 0.25) is 5.91 Å². The summed E-state index contributed by atoms with van der Waals surface area (Å²) in [5.74, 6) is 0.322. The lowest BCUT2D eigenvalue weighted by Gasteiger charge is -2.34. The molecular formula is C27H26N4O2S. The summed E-state index contributed by atoms with van der Waals surface area (Å²) < 4.78 is 1.61. The molecule has 2 heterocycles. The van der Waals surface area contributed by atoms with E-state index in [1.54, 1.807) is 10.6 Å². The standard InChI is InChI=1S/C27H26N4O2S/c32-25(30-17-15-29(16-18-30)19-21-9-3-1-4-10-21)20-34-27-28-24-14-8-7-13-23(24)26(33)31(27)22-11-5-2-6-12-22/h1-14H,15-20H2. The predicted molar refractivity (Wildman–Crippen MR) is 136 cm³/mol. The highest BCUT2D eigenvalue weighted by atomic mass is 32.2. The van der Waals surface area contributed by atoms with E-state index < -0.39 is 0 Å². The number of piperazine rings is 1. The molecule has 1 aromatic heterocycles. The first kappa shape index (κ1) is 22.4. The SMILES string of the molecule is O=C(CSc1nc2ccccc2c(=O)n1-c1ccccc1)N1CCN(Cc2ccccc2)CC1. The fourth-order valence-corrected chi connectivity index (χ4v) is 5.14. The molecule has 0 atom stereocenters. The molecule has 4 aromatic rings. The van der Waals surface area contributed by atoms with Crippen LogP contribution >= 0.6 is 11.8 Å². The van der Waals surface area contributed by atoms with Crippen molar-refractivity contribution in [3.63, 3.8) is 0 Å². The number of rotatable bonds is 6. The second-order valence-corrected chi connectivity index (χ2v) is 9.26. The average molecular weight is 471 g/mol. The number of amides is 1. The molecule has 7 heteroatoms. The molecule has 1 amide bonds. The number of hydrogen-bond donors (Lipinski definition) is 0. The molecule has 0 aliphatic carbocycles. The Morgan fingerprint density at radius 2 is 1.47 bits per heavy atom. The molecule has 172 valence electrons. The Bertz CT molecular complexity index is 1330. The Kier molecular flexibility index (Phi) is 6.74. The van der Waals surface area contributed by atoms with Crippen LogP contribution in [-0.4, -0.2) is 57.2 Å². The van der Waals surface area contributed by atoms with Crippen LogP contribution < -0.4 is 5.56 Å². The predicted octanol–water partition coefficient (Wildman–Crippen LogP) is 3.82. The highest BCUT2D eigenvalue weighted by Gasteiger charge is 2.22. The van der Waals surface area contributed by atoms with Crippen molar-refractivity contribution in [2.24, 2.45) is 0 Å². The lowest BCUT2D eigenvalue weighted by atomic mass is 10.2. The van der Waals surface area contributed by atoms with E-state index in [9.17, 15) is 9.59 Å². The van der Waals surface area contributed by atoms with Crippen LogP contribution in [0.2, 0.25) is 0 Å². The zero-order valence-corrected chi connectivity index (χ0v) is 19.7. The number of fused-ring (bicyclic) bond motifs is 1. The second-order valence-electron chi connectivity index (χ2n) is 8.32. The number of carbonyl (C=O) groups is 1. The topological polar surface area (TPSA) is 58.4 Å². The van der Waals surface area contributed by atoms with Crippen LogP contribution in [-0.2, 0) is 11.3 Å². The minimum Gasteiger partial charge on any atom is -0.339 e. The van der Waals surface area contributed by atoms with E-state index in [0.29, 0.717) is 29.1 Å². The highest BCUT2D eigenvalue weighted by Crippen LogP contribution is 2.22. The lowest BCUT2D eigenvalue weighted by Crippen LogP contribution is -2.48. The third-order valence-electron chi connectivity index (χ3n) is 6.06. The van der Waals surface area contributed by atoms with Crippen molar-refractivity contribution in [1.82, 2.24) is 19.4 Å². The van der Waals surface area contributed by atoms with E-state index in [4.69, 9.17) is 4.98 Å². The monoisotopic (exact) mass is 470 g/mol. The van der Waals surface area contributed by atoms with Gasteiger partial charge in [0.05, 0.1) is 22.3 Å². The summed E-state index contributed by atoms with van der Waals surface area (Å²) >= 11 is 1.32. The maximum atomic E-state index is 13.3. The van der Waals surface area contributed by atoms with Crippen LogP contribution in [0.5, 0.6) is 0 Å². The number of benzene rings is 3. The average Bonchev–Trinajstić information content (AvgIpc) is 2.89. The van der Waals surface area contributed by atoms with Crippen molar-refractivity contribution in [2.75, 3.05) is 31.9 Å². The fraction of sp³-hybridized carbons (Fsp3) is 0.222. The number of para-hydroxylation sites is 2. The number of carbonyl (C=O) groups excluding carboxylic acids is 1. The summed E-state index contributed by atoms with van der Waals surface area (Å²) in [5.41, 5.74) is 2.56. The van der Waals surface area contributed by atoms with Gasteiger partial charge in [-0.3, -0.25) is 19.1 Å². The first-order valence-corrected chi connectivity index (χ1v) is 12.4. The van der Waals surface area contributed by atoms with E-state index in [0.717, 1.165) is 25.3 Å². The Morgan fingerprint density at radius 1 is 0.824 bits per heavy atom. The number of thioether (sulfide) groups is 1. The fourth-order valence-electron chi connectivity index (χ4n) is 4.23. The molecule has 3 aromatic carbocycles. The zero-order chi connectivity index (χ0) is 23.3. The van der Waals surface area contributed by atoms with E-state index in [-0.39, 0.29) is 17.2 Å². The van der Waals surface area contributed by atoms with Crippen LogP contribution in [0, 0.1) is 0 Å². The molecule has 1 fully saturated rings. The molecule has 1 saturated heterocycles. The molecule has 0 bridgehead atoms. The van der Waals surface area contributed by atoms with Gasteiger partial charge in [0.15, 0.2) is 5.16 Å². The highest BCUT2D eigenvalue weighted by molar-refractivity contribution is 7.99. The Hall–Kier alpha value is -3.42. The van der Waals surface area contributed by atoms with Crippen molar-refractivity contribution in [3.8, 4) is 5.69 Å². The molecule has 1 aliphatic heterocycles. The van der Waals surface area contributed by atoms with Crippen molar-refractivity contribution in [2.45, 2.75) is 11.7 Å². The number of nitrogens with zero attached hydrogens (tertiary/aromatic N) is 4. The Labute approximate surface area is 202 Å². The van der Waals surface area contributed by atoms with Gasteiger partial charge in [-0.25, -0.2) is 4.98 Å². The maximum Gasteiger partial charge on any atom is 0.266 e. The first-order valence-electron chi connectivity index (χ1n) is 11.4. The molecule has 0 N–H and O–H groups in total. The van der Waals surface area contributed by atoms with Gasteiger partial charge in [-0.1, -0.05) is 72.4 Å². The number of aromatic nitrogens is 2. The molecule has 34 heavy (non-hydrogen) atoms. The van der Waals surface area contributed by atoms with Crippen LogP contribution in [0.25, 0.3) is 16.6 Å². The molecule has 0 unspecified atom stereocenters. The molecule has 0 radical (unpaired) electrons. The first-order chi connectivity index (χ1) is 16.7. The van der Waals surface area contributed by atoms with Gasteiger partial charge in [0.1, 0.15) is 0 Å². The summed E-state index contributed by atoms with van der Waals surface area (Å²) in [4.78, 5) is 35.3. The summed E-state index contributed by atoms with van der Waals surface area (Å²) in [5, 5.41) is 1.10. The minimum atomic E-state index is -0.124.